The van der Waals surface area contributed by atoms with E-state index in [1.165, 1.54) is 85.9 Å². The first-order chi connectivity index (χ1) is 21.3. The van der Waals surface area contributed by atoms with Gasteiger partial charge < -0.3 is 0 Å². The zero-order chi connectivity index (χ0) is 28.3. The molecule has 0 radical (unpaired) electrons. The molecule has 1 aromatic heterocycles. The van der Waals surface area contributed by atoms with Gasteiger partial charge in [0.25, 0.3) is 0 Å². The Hall–Kier alpha value is -5.24. The summed E-state index contributed by atoms with van der Waals surface area (Å²) < 4.78 is 2.67. The molecule has 1 heteroatoms. The average Bonchev–Trinajstić information content (AvgIpc) is 3.46. The summed E-state index contributed by atoms with van der Waals surface area (Å²) in [4.78, 5) is 0. The van der Waals surface area contributed by atoms with Gasteiger partial charge in [-0.05, 0) is 66.2 Å². The van der Waals surface area contributed by atoms with Crippen LogP contribution in [0.5, 0.6) is 0 Å². The highest BCUT2D eigenvalue weighted by molar-refractivity contribution is 7.26. The Bertz CT molecular complexity index is 2440. The van der Waals surface area contributed by atoms with Gasteiger partial charge in [0.05, 0.1) is 0 Å². The van der Waals surface area contributed by atoms with E-state index in [4.69, 9.17) is 0 Å². The van der Waals surface area contributed by atoms with Crippen molar-refractivity contribution in [2.75, 3.05) is 0 Å². The lowest BCUT2D eigenvalue weighted by Gasteiger charge is -2.19. The van der Waals surface area contributed by atoms with Crippen molar-refractivity contribution in [3.63, 3.8) is 0 Å². The number of hydrogen-bond acceptors (Lipinski definition) is 1. The van der Waals surface area contributed by atoms with Crippen LogP contribution in [0.2, 0.25) is 0 Å². The molecule has 9 aromatic rings. The van der Waals surface area contributed by atoms with Crippen LogP contribution in [0.4, 0.5) is 0 Å². The SMILES string of the molecule is c1ccc(-c2ccc3c(c2)sc2c(-c4c5ccccc5c(-c5cccc6ccccc56)c5ccccc45)cccc23)cc1. The molecule has 0 bridgehead atoms. The van der Waals surface area contributed by atoms with Gasteiger partial charge in [-0.1, -0.05) is 152 Å². The van der Waals surface area contributed by atoms with Crippen LogP contribution in [-0.4, -0.2) is 0 Å². The van der Waals surface area contributed by atoms with Crippen LogP contribution >= 0.6 is 11.3 Å². The summed E-state index contributed by atoms with van der Waals surface area (Å²) in [5.74, 6) is 0. The van der Waals surface area contributed by atoms with Crippen molar-refractivity contribution >= 4 is 63.8 Å². The number of fused-ring (bicyclic) bond motifs is 6. The van der Waals surface area contributed by atoms with Gasteiger partial charge in [0.15, 0.2) is 0 Å². The highest BCUT2D eigenvalue weighted by Gasteiger charge is 2.20. The predicted molar refractivity (Wildman–Crippen MR) is 188 cm³/mol. The van der Waals surface area contributed by atoms with E-state index < -0.39 is 0 Å². The fourth-order valence-electron chi connectivity index (χ4n) is 6.96. The molecule has 0 nitrogen and oxygen atoms in total. The minimum Gasteiger partial charge on any atom is -0.135 e. The van der Waals surface area contributed by atoms with Crippen LogP contribution in [0.25, 0.3) is 85.9 Å². The number of thiophene rings is 1. The fourth-order valence-corrected chi connectivity index (χ4v) is 8.22. The molecule has 0 spiro atoms. The molecule has 0 unspecified atom stereocenters. The summed E-state index contributed by atoms with van der Waals surface area (Å²) in [7, 11) is 0. The molecule has 0 aliphatic rings. The minimum absolute atomic E-state index is 1.25. The highest BCUT2D eigenvalue weighted by Crippen LogP contribution is 2.48. The zero-order valence-corrected chi connectivity index (χ0v) is 24.2. The van der Waals surface area contributed by atoms with E-state index in [1.807, 2.05) is 11.3 Å². The molecule has 200 valence electrons. The van der Waals surface area contributed by atoms with Crippen LogP contribution < -0.4 is 0 Å². The summed E-state index contributed by atoms with van der Waals surface area (Å²) in [6, 6.07) is 57.8. The topological polar surface area (TPSA) is 0 Å². The van der Waals surface area contributed by atoms with Gasteiger partial charge in [0.2, 0.25) is 0 Å². The Balaban J connectivity index is 1.37. The lowest BCUT2D eigenvalue weighted by atomic mass is 9.84. The molecular weight excluding hydrogens is 537 g/mol. The second kappa shape index (κ2) is 9.66. The Labute approximate surface area is 254 Å². The van der Waals surface area contributed by atoms with Crippen LogP contribution in [0.3, 0.4) is 0 Å². The van der Waals surface area contributed by atoms with Crippen LogP contribution in [0.1, 0.15) is 0 Å². The number of rotatable bonds is 3. The summed E-state index contributed by atoms with van der Waals surface area (Å²) in [5, 5.41) is 10.4. The molecule has 1 heterocycles. The van der Waals surface area contributed by atoms with Gasteiger partial charge in [-0.25, -0.2) is 0 Å². The lowest BCUT2D eigenvalue weighted by Crippen LogP contribution is -1.91. The van der Waals surface area contributed by atoms with Crippen molar-refractivity contribution in [2.45, 2.75) is 0 Å². The predicted octanol–water partition coefficient (Wildman–Crippen LogP) is 12.5. The molecule has 0 fully saturated rings. The molecule has 0 saturated heterocycles. The van der Waals surface area contributed by atoms with Crippen molar-refractivity contribution in [1.82, 2.24) is 0 Å². The molecule has 9 rings (SSSR count). The standard InChI is InChI=1S/C42H26S/c1-2-12-27(13-3-1)29-24-25-31-37-22-11-23-38(42(37)43-39(31)26-29)41-35-19-8-6-17-33(35)40(34-18-7-9-20-36(34)41)32-21-10-15-28-14-4-5-16-30(28)32/h1-26H. The molecule has 43 heavy (non-hydrogen) atoms. The van der Waals surface area contributed by atoms with E-state index in [0.29, 0.717) is 0 Å². The first-order valence-electron chi connectivity index (χ1n) is 14.8. The van der Waals surface area contributed by atoms with E-state index in [9.17, 15) is 0 Å². The molecule has 8 aromatic carbocycles. The maximum absolute atomic E-state index is 2.36. The Morgan fingerprint density at radius 3 is 1.58 bits per heavy atom. The van der Waals surface area contributed by atoms with Gasteiger partial charge in [-0.15, -0.1) is 11.3 Å². The van der Waals surface area contributed by atoms with E-state index in [1.54, 1.807) is 0 Å². The first-order valence-corrected chi connectivity index (χ1v) is 15.6. The smallest absolute Gasteiger partial charge is 0.0434 e. The summed E-state index contributed by atoms with van der Waals surface area (Å²) in [6.45, 7) is 0. The first kappa shape index (κ1) is 24.4. The van der Waals surface area contributed by atoms with E-state index in [2.05, 4.69) is 158 Å². The molecular formula is C42H26S. The van der Waals surface area contributed by atoms with Crippen molar-refractivity contribution in [3.05, 3.63) is 158 Å². The Morgan fingerprint density at radius 1 is 0.326 bits per heavy atom. The summed E-state index contributed by atoms with van der Waals surface area (Å²) in [6.07, 6.45) is 0. The van der Waals surface area contributed by atoms with Gasteiger partial charge in [-0.3, -0.25) is 0 Å². The average molecular weight is 563 g/mol. The summed E-state index contributed by atoms with van der Waals surface area (Å²) in [5.41, 5.74) is 7.72. The second-order valence-electron chi connectivity index (χ2n) is 11.2. The number of hydrogen-bond donors (Lipinski definition) is 0. The lowest BCUT2D eigenvalue weighted by molar-refractivity contribution is 1.66. The molecule has 0 N–H and O–H groups in total. The van der Waals surface area contributed by atoms with Gasteiger partial charge in [0, 0.05) is 25.7 Å². The third-order valence-corrected chi connectivity index (χ3v) is 10.1. The Kier molecular flexibility index (Phi) is 5.47. The van der Waals surface area contributed by atoms with Gasteiger partial charge in [0.1, 0.15) is 0 Å². The van der Waals surface area contributed by atoms with Crippen LogP contribution in [0, 0.1) is 0 Å². The number of benzene rings is 8. The van der Waals surface area contributed by atoms with E-state index in [0.717, 1.165) is 0 Å². The summed E-state index contributed by atoms with van der Waals surface area (Å²) >= 11 is 1.91. The zero-order valence-electron chi connectivity index (χ0n) is 23.4. The molecule has 0 saturated carbocycles. The van der Waals surface area contributed by atoms with Crippen molar-refractivity contribution in [3.8, 4) is 33.4 Å². The van der Waals surface area contributed by atoms with Gasteiger partial charge in [-0.2, -0.15) is 0 Å². The molecule has 0 aliphatic heterocycles. The van der Waals surface area contributed by atoms with Crippen molar-refractivity contribution < 1.29 is 0 Å². The third kappa shape index (κ3) is 3.75. The van der Waals surface area contributed by atoms with Crippen molar-refractivity contribution in [1.29, 1.82) is 0 Å². The third-order valence-electron chi connectivity index (χ3n) is 8.87. The van der Waals surface area contributed by atoms with Gasteiger partial charge >= 0.3 is 0 Å². The monoisotopic (exact) mass is 562 g/mol. The van der Waals surface area contributed by atoms with Crippen molar-refractivity contribution in [2.24, 2.45) is 0 Å². The minimum atomic E-state index is 1.25. The molecule has 0 amide bonds. The maximum Gasteiger partial charge on any atom is 0.0434 e. The fraction of sp³-hybridized carbons (Fsp3) is 0. The second-order valence-corrected chi connectivity index (χ2v) is 12.3. The molecule has 0 aliphatic carbocycles. The largest absolute Gasteiger partial charge is 0.135 e. The van der Waals surface area contributed by atoms with E-state index >= 15 is 0 Å². The van der Waals surface area contributed by atoms with Crippen LogP contribution in [-0.2, 0) is 0 Å². The Morgan fingerprint density at radius 2 is 0.860 bits per heavy atom. The maximum atomic E-state index is 2.36. The van der Waals surface area contributed by atoms with Crippen LogP contribution in [0.15, 0.2) is 158 Å². The molecule has 0 atom stereocenters. The quantitative estimate of drug-likeness (QED) is 0.188. The highest BCUT2D eigenvalue weighted by atomic mass is 32.1. The van der Waals surface area contributed by atoms with E-state index in [-0.39, 0.29) is 0 Å². The normalized spacial score (nSPS) is 11.7.